The fourth-order valence-corrected chi connectivity index (χ4v) is 2.29. The maximum absolute atomic E-state index is 5.83. The van der Waals surface area contributed by atoms with Crippen molar-refractivity contribution in [1.29, 1.82) is 0 Å². The number of benzene rings is 1. The van der Waals surface area contributed by atoms with Gasteiger partial charge in [-0.05, 0) is 42.9 Å². The minimum Gasteiger partial charge on any atom is -0.491 e. The summed E-state index contributed by atoms with van der Waals surface area (Å²) in [6, 6.07) is 4.33. The Morgan fingerprint density at radius 2 is 1.68 bits per heavy atom. The highest BCUT2D eigenvalue weighted by Crippen LogP contribution is 2.25. The van der Waals surface area contributed by atoms with E-state index in [4.69, 9.17) is 9.47 Å². The number of alkyl halides is 1. The van der Waals surface area contributed by atoms with Crippen LogP contribution in [0.5, 0.6) is 5.75 Å². The lowest BCUT2D eigenvalue weighted by Gasteiger charge is -2.14. The smallest absolute Gasteiger partial charge is 0.125 e. The molecule has 2 nitrogen and oxygen atoms in total. The van der Waals surface area contributed by atoms with Gasteiger partial charge < -0.3 is 9.47 Å². The number of rotatable bonds is 8. The Hall–Kier alpha value is -0.540. The summed E-state index contributed by atoms with van der Waals surface area (Å²) < 4.78 is 11.4. The van der Waals surface area contributed by atoms with E-state index in [1.807, 2.05) is 0 Å². The molecule has 0 heterocycles. The first-order valence-corrected chi connectivity index (χ1v) is 8.03. The van der Waals surface area contributed by atoms with E-state index in [-0.39, 0.29) is 0 Å². The fraction of sp³-hybridized carbons (Fsp3) is 0.625. The molecule has 0 N–H and O–H groups in total. The summed E-state index contributed by atoms with van der Waals surface area (Å²) in [4.78, 5) is 0. The second-order valence-electron chi connectivity index (χ2n) is 5.34. The zero-order valence-corrected chi connectivity index (χ0v) is 14.0. The molecule has 0 fully saturated rings. The summed E-state index contributed by atoms with van der Waals surface area (Å²) in [5.41, 5.74) is 3.67. The van der Waals surface area contributed by atoms with Crippen molar-refractivity contribution in [2.75, 3.05) is 19.8 Å². The highest BCUT2D eigenvalue weighted by atomic mass is 79.9. The van der Waals surface area contributed by atoms with Gasteiger partial charge >= 0.3 is 0 Å². The predicted molar refractivity (Wildman–Crippen MR) is 84.3 cm³/mol. The minimum atomic E-state index is 0.618. The van der Waals surface area contributed by atoms with Crippen molar-refractivity contribution in [2.45, 2.75) is 39.4 Å². The average molecular weight is 329 g/mol. The van der Waals surface area contributed by atoms with E-state index in [9.17, 15) is 0 Å². The lowest BCUT2D eigenvalue weighted by atomic mass is 10.1. The largest absolute Gasteiger partial charge is 0.491 e. The van der Waals surface area contributed by atoms with Gasteiger partial charge in [0.1, 0.15) is 12.4 Å². The maximum atomic E-state index is 5.83. The summed E-state index contributed by atoms with van der Waals surface area (Å²) in [5, 5.41) is 0.882. The maximum Gasteiger partial charge on any atom is 0.125 e. The molecule has 1 aromatic rings. The third-order valence-corrected chi connectivity index (χ3v) is 3.64. The molecule has 19 heavy (non-hydrogen) atoms. The topological polar surface area (TPSA) is 18.5 Å². The zero-order valence-electron chi connectivity index (χ0n) is 12.5. The van der Waals surface area contributed by atoms with Crippen LogP contribution in [0.1, 0.15) is 37.0 Å². The van der Waals surface area contributed by atoms with Gasteiger partial charge in [-0.15, -0.1) is 0 Å². The summed E-state index contributed by atoms with van der Waals surface area (Å²) >= 11 is 3.48. The van der Waals surface area contributed by atoms with Gasteiger partial charge in [0.25, 0.3) is 0 Å². The Kier molecular flexibility index (Phi) is 7.47. The van der Waals surface area contributed by atoms with Crippen molar-refractivity contribution in [3.8, 4) is 5.75 Å². The molecule has 108 valence electrons. The Labute approximate surface area is 125 Å². The lowest BCUT2D eigenvalue weighted by Crippen LogP contribution is -2.10. The van der Waals surface area contributed by atoms with Crippen molar-refractivity contribution < 1.29 is 9.47 Å². The second-order valence-corrected chi connectivity index (χ2v) is 5.90. The molecular weight excluding hydrogens is 304 g/mol. The van der Waals surface area contributed by atoms with E-state index >= 15 is 0 Å². The molecule has 0 radical (unpaired) electrons. The Morgan fingerprint density at radius 1 is 1.05 bits per heavy atom. The molecule has 0 aliphatic heterocycles. The Balaban J connectivity index is 2.37. The number of hydrogen-bond acceptors (Lipinski definition) is 2. The summed E-state index contributed by atoms with van der Waals surface area (Å²) in [6.45, 7) is 10.7. The van der Waals surface area contributed by atoms with E-state index in [2.05, 4.69) is 55.8 Å². The van der Waals surface area contributed by atoms with Crippen molar-refractivity contribution in [1.82, 2.24) is 0 Å². The molecule has 3 heteroatoms. The van der Waals surface area contributed by atoms with Crippen LogP contribution in [0, 0.1) is 19.8 Å². The molecule has 0 amide bonds. The van der Waals surface area contributed by atoms with Crippen LogP contribution < -0.4 is 4.74 Å². The Bertz CT molecular complexity index is 365. The monoisotopic (exact) mass is 328 g/mol. The Morgan fingerprint density at radius 3 is 2.21 bits per heavy atom. The zero-order chi connectivity index (χ0) is 14.3. The molecule has 0 unspecified atom stereocenters. The molecule has 0 bridgehead atoms. The minimum absolute atomic E-state index is 0.618. The van der Waals surface area contributed by atoms with Gasteiger partial charge in [0.2, 0.25) is 0 Å². The highest BCUT2D eigenvalue weighted by molar-refractivity contribution is 9.08. The highest BCUT2D eigenvalue weighted by Gasteiger charge is 2.06. The molecule has 0 spiro atoms. The van der Waals surface area contributed by atoms with Crippen molar-refractivity contribution >= 4 is 15.9 Å². The summed E-state index contributed by atoms with van der Waals surface area (Å²) in [6.07, 6.45) is 1.11. The molecular formula is C16H25BrO2. The van der Waals surface area contributed by atoms with E-state index in [0.29, 0.717) is 19.1 Å². The molecule has 0 aliphatic rings. The van der Waals surface area contributed by atoms with E-state index < -0.39 is 0 Å². The van der Waals surface area contributed by atoms with Gasteiger partial charge in [-0.1, -0.05) is 41.9 Å². The summed E-state index contributed by atoms with van der Waals surface area (Å²) in [5.74, 6) is 1.69. The third kappa shape index (κ3) is 5.96. The molecule has 1 aromatic carbocycles. The molecule has 0 atom stereocenters. The SMILES string of the molecule is Cc1cc(CBr)cc(C)c1OCCOCCC(C)C. The quantitative estimate of drug-likeness (QED) is 0.511. The number of ether oxygens (including phenoxy) is 2. The van der Waals surface area contributed by atoms with Crippen LogP contribution in [-0.2, 0) is 10.1 Å². The first-order chi connectivity index (χ1) is 9.04. The van der Waals surface area contributed by atoms with Gasteiger partial charge in [0, 0.05) is 11.9 Å². The fourth-order valence-electron chi connectivity index (χ4n) is 1.97. The first kappa shape index (κ1) is 16.5. The molecule has 0 aliphatic carbocycles. The van der Waals surface area contributed by atoms with Gasteiger partial charge in [-0.2, -0.15) is 0 Å². The van der Waals surface area contributed by atoms with Crippen molar-refractivity contribution in [3.63, 3.8) is 0 Å². The third-order valence-electron chi connectivity index (χ3n) is 2.99. The van der Waals surface area contributed by atoms with Gasteiger partial charge in [-0.3, -0.25) is 0 Å². The molecule has 0 saturated carbocycles. The predicted octanol–water partition coefficient (Wildman–Crippen LogP) is 4.64. The molecule has 1 rings (SSSR count). The molecule has 0 aromatic heterocycles. The van der Waals surface area contributed by atoms with Crippen LogP contribution in [0.25, 0.3) is 0 Å². The lowest BCUT2D eigenvalue weighted by molar-refractivity contribution is 0.0921. The van der Waals surface area contributed by atoms with Crippen molar-refractivity contribution in [3.05, 3.63) is 28.8 Å². The van der Waals surface area contributed by atoms with Gasteiger partial charge in [-0.25, -0.2) is 0 Å². The van der Waals surface area contributed by atoms with E-state index in [1.165, 1.54) is 16.7 Å². The number of aryl methyl sites for hydroxylation is 2. The normalized spacial score (nSPS) is 11.1. The average Bonchev–Trinajstić information content (AvgIpc) is 2.35. The summed E-state index contributed by atoms with van der Waals surface area (Å²) in [7, 11) is 0. The van der Waals surface area contributed by atoms with Gasteiger partial charge in [0.05, 0.1) is 6.61 Å². The standard InChI is InChI=1S/C16H25BrO2/c1-12(2)5-6-18-7-8-19-16-13(3)9-15(11-17)10-14(16)4/h9-10,12H,5-8,11H2,1-4H3. The second kappa shape index (κ2) is 8.60. The van der Waals surface area contributed by atoms with Crippen LogP contribution >= 0.6 is 15.9 Å². The van der Waals surface area contributed by atoms with Crippen LogP contribution in [0.4, 0.5) is 0 Å². The number of hydrogen-bond donors (Lipinski definition) is 0. The van der Waals surface area contributed by atoms with E-state index in [1.54, 1.807) is 0 Å². The van der Waals surface area contributed by atoms with Crippen LogP contribution in [0.15, 0.2) is 12.1 Å². The van der Waals surface area contributed by atoms with Crippen molar-refractivity contribution in [2.24, 2.45) is 5.92 Å². The van der Waals surface area contributed by atoms with Crippen LogP contribution in [0.3, 0.4) is 0 Å². The van der Waals surface area contributed by atoms with E-state index in [0.717, 1.165) is 24.1 Å². The van der Waals surface area contributed by atoms with Gasteiger partial charge in [0.15, 0.2) is 0 Å². The van der Waals surface area contributed by atoms with Crippen LogP contribution in [0.2, 0.25) is 0 Å². The first-order valence-electron chi connectivity index (χ1n) is 6.91. The molecule has 0 saturated heterocycles. The van der Waals surface area contributed by atoms with Crippen LogP contribution in [-0.4, -0.2) is 19.8 Å². The number of halogens is 1.